The average molecular weight is 261 g/mol. The van der Waals surface area contributed by atoms with Crippen LogP contribution in [0, 0.1) is 0 Å². The summed E-state index contributed by atoms with van der Waals surface area (Å²) < 4.78 is 42.3. The summed E-state index contributed by atoms with van der Waals surface area (Å²) in [4.78, 5) is 9.07. The first-order valence-electron chi connectivity index (χ1n) is 5.69. The van der Waals surface area contributed by atoms with Crippen LogP contribution in [0.2, 0.25) is 0 Å². The molecule has 0 radical (unpaired) electrons. The van der Waals surface area contributed by atoms with Gasteiger partial charge in [-0.3, -0.25) is 0 Å². The van der Waals surface area contributed by atoms with Crippen LogP contribution in [0.4, 0.5) is 13.2 Å². The second-order valence-electron chi connectivity index (χ2n) is 4.38. The van der Waals surface area contributed by atoms with Gasteiger partial charge in [-0.25, -0.2) is 9.97 Å². The lowest BCUT2D eigenvalue weighted by molar-refractivity contribution is -0.141. The number of piperidine rings is 1. The Kier molecular flexibility index (Phi) is 3.70. The van der Waals surface area contributed by atoms with E-state index in [2.05, 4.69) is 14.9 Å². The van der Waals surface area contributed by atoms with Crippen molar-refractivity contribution in [1.82, 2.24) is 14.9 Å². The second-order valence-corrected chi connectivity index (χ2v) is 4.38. The van der Waals surface area contributed by atoms with Crippen LogP contribution in [0.5, 0.6) is 5.88 Å². The molecule has 0 spiro atoms. The minimum atomic E-state index is -4.46. The van der Waals surface area contributed by atoms with Crippen molar-refractivity contribution in [1.29, 1.82) is 0 Å². The van der Waals surface area contributed by atoms with Gasteiger partial charge in [0.2, 0.25) is 5.88 Å². The maximum atomic E-state index is 12.3. The number of hydrogen-bond acceptors (Lipinski definition) is 4. The average Bonchev–Trinajstić information content (AvgIpc) is 2.28. The van der Waals surface area contributed by atoms with Crippen molar-refractivity contribution in [2.45, 2.75) is 25.1 Å². The Morgan fingerprint density at radius 1 is 1.33 bits per heavy atom. The number of halogens is 3. The molecule has 0 aliphatic carbocycles. The smallest absolute Gasteiger partial charge is 0.434 e. The van der Waals surface area contributed by atoms with Crippen LogP contribution in [-0.4, -0.2) is 41.1 Å². The molecule has 1 aliphatic rings. The zero-order chi connectivity index (χ0) is 13.2. The van der Waals surface area contributed by atoms with Crippen LogP contribution in [0.3, 0.4) is 0 Å². The third-order valence-corrected chi connectivity index (χ3v) is 2.79. The van der Waals surface area contributed by atoms with Crippen molar-refractivity contribution in [2.75, 3.05) is 20.1 Å². The largest absolute Gasteiger partial charge is 0.472 e. The monoisotopic (exact) mass is 261 g/mol. The summed E-state index contributed by atoms with van der Waals surface area (Å²) in [5.74, 6) is 0.142. The van der Waals surface area contributed by atoms with E-state index in [0.717, 1.165) is 32.1 Å². The number of likely N-dealkylation sites (N-methyl/N-ethyl adjacent to an activating group) is 1. The molecule has 1 saturated heterocycles. The number of hydrogen-bond donors (Lipinski definition) is 0. The van der Waals surface area contributed by atoms with Crippen molar-refractivity contribution in [3.8, 4) is 5.88 Å². The molecule has 2 rings (SSSR count). The Morgan fingerprint density at radius 2 is 2.11 bits per heavy atom. The highest BCUT2D eigenvalue weighted by atomic mass is 19.4. The zero-order valence-electron chi connectivity index (χ0n) is 9.94. The molecule has 18 heavy (non-hydrogen) atoms. The van der Waals surface area contributed by atoms with Crippen LogP contribution < -0.4 is 4.74 Å². The lowest BCUT2D eigenvalue weighted by Crippen LogP contribution is -2.38. The van der Waals surface area contributed by atoms with E-state index in [9.17, 15) is 13.2 Å². The van der Waals surface area contributed by atoms with Crippen LogP contribution in [-0.2, 0) is 6.18 Å². The fourth-order valence-corrected chi connectivity index (χ4v) is 1.91. The summed E-state index contributed by atoms with van der Waals surface area (Å²) in [6.07, 6.45) is -0.882. The summed E-state index contributed by atoms with van der Waals surface area (Å²) in [7, 11) is 1.98. The molecule has 0 amide bonds. The van der Waals surface area contributed by atoms with E-state index >= 15 is 0 Å². The number of ether oxygens (including phenoxy) is 1. The quantitative estimate of drug-likeness (QED) is 0.815. The minimum Gasteiger partial charge on any atom is -0.472 e. The highest BCUT2D eigenvalue weighted by Gasteiger charge is 2.33. The molecule has 1 aliphatic heterocycles. The van der Waals surface area contributed by atoms with E-state index < -0.39 is 11.9 Å². The van der Waals surface area contributed by atoms with Gasteiger partial charge in [-0.2, -0.15) is 13.2 Å². The topological polar surface area (TPSA) is 38.2 Å². The Hall–Kier alpha value is -1.37. The molecule has 1 aromatic heterocycles. The van der Waals surface area contributed by atoms with Crippen molar-refractivity contribution < 1.29 is 17.9 Å². The Bertz CT molecular complexity index is 394. The fourth-order valence-electron chi connectivity index (χ4n) is 1.91. The highest BCUT2D eigenvalue weighted by molar-refractivity contribution is 5.10. The molecular formula is C11H14F3N3O. The van der Waals surface area contributed by atoms with Gasteiger partial charge in [0.25, 0.3) is 0 Å². The first-order chi connectivity index (χ1) is 8.45. The van der Waals surface area contributed by atoms with E-state index in [1.54, 1.807) is 0 Å². The van der Waals surface area contributed by atoms with E-state index in [1.807, 2.05) is 7.05 Å². The van der Waals surface area contributed by atoms with Gasteiger partial charge in [0.15, 0.2) is 5.69 Å². The van der Waals surface area contributed by atoms with Crippen LogP contribution in [0.15, 0.2) is 12.4 Å². The maximum absolute atomic E-state index is 12.3. The fraction of sp³-hybridized carbons (Fsp3) is 0.636. The number of rotatable bonds is 2. The third kappa shape index (κ3) is 3.32. The number of likely N-dealkylation sites (tertiary alicyclic amines) is 1. The predicted molar refractivity (Wildman–Crippen MR) is 58.2 cm³/mol. The molecule has 1 aromatic rings. The molecule has 0 aromatic carbocycles. The van der Waals surface area contributed by atoms with Crippen molar-refractivity contribution in [2.24, 2.45) is 0 Å². The lowest BCUT2D eigenvalue weighted by Gasteiger charge is -2.29. The van der Waals surface area contributed by atoms with Gasteiger partial charge >= 0.3 is 6.18 Å². The van der Waals surface area contributed by atoms with Crippen LogP contribution in [0.1, 0.15) is 18.5 Å². The second kappa shape index (κ2) is 5.09. The molecule has 100 valence electrons. The van der Waals surface area contributed by atoms with Gasteiger partial charge in [-0.1, -0.05) is 0 Å². The Balaban J connectivity index is 1.98. The summed E-state index contributed by atoms with van der Waals surface area (Å²) in [6.45, 7) is 1.77. The van der Waals surface area contributed by atoms with Gasteiger partial charge in [0.1, 0.15) is 6.10 Å². The third-order valence-electron chi connectivity index (χ3n) is 2.79. The van der Waals surface area contributed by atoms with E-state index in [1.165, 1.54) is 0 Å². The molecule has 0 saturated carbocycles. The maximum Gasteiger partial charge on any atom is 0.434 e. The molecule has 1 atom stereocenters. The summed E-state index contributed by atoms with van der Waals surface area (Å²) >= 11 is 0. The summed E-state index contributed by atoms with van der Waals surface area (Å²) in [5, 5.41) is 0. The van der Waals surface area contributed by atoms with E-state index in [0.29, 0.717) is 6.20 Å². The molecule has 2 heterocycles. The van der Waals surface area contributed by atoms with E-state index in [4.69, 9.17) is 4.74 Å². The standard InChI is InChI=1S/C11H14F3N3O/c1-17-4-2-3-8(7-17)18-10-6-15-9(5-16-10)11(12,13)14/h5-6,8H,2-4,7H2,1H3. The van der Waals surface area contributed by atoms with Gasteiger partial charge in [-0.15, -0.1) is 0 Å². The normalized spacial score (nSPS) is 21.9. The van der Waals surface area contributed by atoms with Crippen LogP contribution in [0.25, 0.3) is 0 Å². The van der Waals surface area contributed by atoms with E-state index in [-0.39, 0.29) is 12.0 Å². The minimum absolute atomic E-state index is 0.0326. The molecule has 0 bridgehead atoms. The van der Waals surface area contributed by atoms with Crippen molar-refractivity contribution in [3.05, 3.63) is 18.1 Å². The van der Waals surface area contributed by atoms with Gasteiger partial charge in [0.05, 0.1) is 12.4 Å². The molecule has 4 nitrogen and oxygen atoms in total. The Labute approximate surface area is 103 Å². The first-order valence-corrected chi connectivity index (χ1v) is 5.69. The van der Waals surface area contributed by atoms with Gasteiger partial charge in [0, 0.05) is 6.54 Å². The Morgan fingerprint density at radius 3 is 2.67 bits per heavy atom. The van der Waals surface area contributed by atoms with Crippen molar-refractivity contribution in [3.63, 3.8) is 0 Å². The molecule has 7 heteroatoms. The summed E-state index contributed by atoms with van der Waals surface area (Å²) in [5.41, 5.74) is -1.00. The number of alkyl halides is 3. The summed E-state index contributed by atoms with van der Waals surface area (Å²) in [6, 6.07) is 0. The molecule has 1 unspecified atom stereocenters. The van der Waals surface area contributed by atoms with Gasteiger partial charge < -0.3 is 9.64 Å². The first kappa shape index (κ1) is 13.1. The predicted octanol–water partition coefficient (Wildman–Crippen LogP) is 1.97. The number of aromatic nitrogens is 2. The van der Waals surface area contributed by atoms with Gasteiger partial charge in [-0.05, 0) is 26.4 Å². The molecule has 0 N–H and O–H groups in total. The van der Waals surface area contributed by atoms with Crippen LogP contribution >= 0.6 is 0 Å². The highest BCUT2D eigenvalue weighted by Crippen LogP contribution is 2.27. The zero-order valence-corrected chi connectivity index (χ0v) is 9.94. The van der Waals surface area contributed by atoms with Crippen molar-refractivity contribution >= 4 is 0 Å². The number of nitrogens with zero attached hydrogens (tertiary/aromatic N) is 3. The lowest BCUT2D eigenvalue weighted by atomic mass is 10.1. The molecular weight excluding hydrogens is 247 g/mol. The SMILES string of the molecule is CN1CCCC(Oc2cnc(C(F)(F)F)cn2)C1. The molecule has 1 fully saturated rings.